The first-order chi connectivity index (χ1) is 10.0. The fourth-order valence-electron chi connectivity index (χ4n) is 3.35. The Morgan fingerprint density at radius 1 is 1.29 bits per heavy atom. The van der Waals surface area contributed by atoms with Crippen molar-refractivity contribution in [3.63, 3.8) is 0 Å². The maximum atomic E-state index is 12.9. The number of benzene rings is 1. The van der Waals surface area contributed by atoms with E-state index >= 15 is 0 Å². The van der Waals surface area contributed by atoms with Crippen LogP contribution in [0.3, 0.4) is 0 Å². The molecule has 2 fully saturated rings. The summed E-state index contributed by atoms with van der Waals surface area (Å²) in [6, 6.07) is 5.25. The number of fused-ring (bicyclic) bond motifs is 1. The second-order valence-corrected chi connectivity index (χ2v) is 6.63. The molecule has 2 aliphatic heterocycles. The van der Waals surface area contributed by atoms with Gasteiger partial charge in [-0.15, -0.1) is 0 Å². The number of nitrogens with zero attached hydrogens (tertiary/aromatic N) is 2. The predicted molar refractivity (Wildman–Crippen MR) is 85.2 cm³/mol. The Kier molecular flexibility index (Phi) is 3.78. The molecule has 2 saturated heterocycles. The summed E-state index contributed by atoms with van der Waals surface area (Å²) in [6.45, 7) is 4.67. The minimum Gasteiger partial charge on any atom is -0.329 e. The highest BCUT2D eigenvalue weighted by molar-refractivity contribution is 9.10. The second-order valence-electron chi connectivity index (χ2n) is 5.78. The molecule has 2 unspecified atom stereocenters. The van der Waals surface area contributed by atoms with E-state index in [1.165, 1.54) is 0 Å². The molecule has 0 aliphatic carbocycles. The van der Waals surface area contributed by atoms with Gasteiger partial charge in [-0.3, -0.25) is 14.5 Å². The SMILES string of the molecule is CCC1C(=O)N2CCCC2C(=O)N1c1cc(C)ccc1Br. The van der Waals surface area contributed by atoms with Gasteiger partial charge in [0.1, 0.15) is 12.1 Å². The highest BCUT2D eigenvalue weighted by Gasteiger charge is 2.47. The Morgan fingerprint density at radius 3 is 2.76 bits per heavy atom. The van der Waals surface area contributed by atoms with Gasteiger partial charge in [-0.2, -0.15) is 0 Å². The number of rotatable bonds is 2. The lowest BCUT2D eigenvalue weighted by Gasteiger charge is -2.42. The lowest BCUT2D eigenvalue weighted by molar-refractivity contribution is -0.144. The van der Waals surface area contributed by atoms with E-state index in [2.05, 4.69) is 15.9 Å². The van der Waals surface area contributed by atoms with E-state index in [4.69, 9.17) is 0 Å². The standard InChI is InChI=1S/C16H19BrN2O2/c1-3-12-15(20)18-8-4-5-13(18)16(21)19(12)14-9-10(2)6-7-11(14)17/h6-7,9,12-13H,3-5,8H2,1-2H3. The molecule has 1 aromatic rings. The van der Waals surface area contributed by atoms with Gasteiger partial charge in [0.2, 0.25) is 5.91 Å². The molecule has 0 radical (unpaired) electrons. The van der Waals surface area contributed by atoms with Crippen molar-refractivity contribution in [1.82, 2.24) is 4.90 Å². The third kappa shape index (κ3) is 2.27. The summed E-state index contributed by atoms with van der Waals surface area (Å²) in [4.78, 5) is 29.1. The summed E-state index contributed by atoms with van der Waals surface area (Å²) in [7, 11) is 0. The van der Waals surface area contributed by atoms with Gasteiger partial charge in [0.15, 0.2) is 0 Å². The molecule has 1 aromatic carbocycles. The van der Waals surface area contributed by atoms with Crippen molar-refractivity contribution in [2.45, 2.75) is 45.2 Å². The van der Waals surface area contributed by atoms with Crippen molar-refractivity contribution < 1.29 is 9.59 Å². The van der Waals surface area contributed by atoms with E-state index in [0.29, 0.717) is 13.0 Å². The summed E-state index contributed by atoms with van der Waals surface area (Å²) < 4.78 is 0.860. The fraction of sp³-hybridized carbons (Fsp3) is 0.500. The van der Waals surface area contributed by atoms with Gasteiger partial charge in [0.25, 0.3) is 5.91 Å². The van der Waals surface area contributed by atoms with Crippen LogP contribution in [0.2, 0.25) is 0 Å². The van der Waals surface area contributed by atoms with Gasteiger partial charge in [0.05, 0.1) is 5.69 Å². The van der Waals surface area contributed by atoms with E-state index in [-0.39, 0.29) is 23.9 Å². The molecule has 2 heterocycles. The summed E-state index contributed by atoms with van der Waals surface area (Å²) in [5.41, 5.74) is 1.89. The molecule has 2 aliphatic rings. The topological polar surface area (TPSA) is 40.6 Å². The van der Waals surface area contributed by atoms with E-state index in [9.17, 15) is 9.59 Å². The molecule has 2 atom stereocenters. The smallest absolute Gasteiger partial charge is 0.250 e. The number of carbonyl (C=O) groups is 2. The van der Waals surface area contributed by atoms with Crippen LogP contribution in [0.4, 0.5) is 5.69 Å². The summed E-state index contributed by atoms with van der Waals surface area (Å²) in [6.07, 6.45) is 2.33. The van der Waals surface area contributed by atoms with Gasteiger partial charge in [-0.1, -0.05) is 13.0 Å². The third-order valence-electron chi connectivity index (χ3n) is 4.40. The average Bonchev–Trinajstić information content (AvgIpc) is 2.95. The zero-order valence-electron chi connectivity index (χ0n) is 12.3. The molecule has 0 saturated carbocycles. The van der Waals surface area contributed by atoms with Crippen LogP contribution in [-0.2, 0) is 9.59 Å². The molecule has 0 N–H and O–H groups in total. The lowest BCUT2D eigenvalue weighted by atomic mass is 10.0. The van der Waals surface area contributed by atoms with Gasteiger partial charge >= 0.3 is 0 Å². The fourth-order valence-corrected chi connectivity index (χ4v) is 3.79. The Bertz CT molecular complexity index is 602. The van der Waals surface area contributed by atoms with Crippen LogP contribution in [0.1, 0.15) is 31.7 Å². The first-order valence-electron chi connectivity index (χ1n) is 7.44. The monoisotopic (exact) mass is 350 g/mol. The number of piperazine rings is 1. The van der Waals surface area contributed by atoms with E-state index < -0.39 is 0 Å². The van der Waals surface area contributed by atoms with E-state index in [0.717, 1.165) is 28.6 Å². The van der Waals surface area contributed by atoms with Crippen molar-refractivity contribution in [2.75, 3.05) is 11.4 Å². The molecule has 0 aromatic heterocycles. The predicted octanol–water partition coefficient (Wildman–Crippen LogP) is 2.87. The molecule has 0 spiro atoms. The Morgan fingerprint density at radius 2 is 2.05 bits per heavy atom. The summed E-state index contributed by atoms with van der Waals surface area (Å²) >= 11 is 3.52. The summed E-state index contributed by atoms with van der Waals surface area (Å²) in [5, 5.41) is 0. The molecule has 112 valence electrons. The number of aryl methyl sites for hydroxylation is 1. The van der Waals surface area contributed by atoms with Gasteiger partial charge < -0.3 is 4.90 Å². The van der Waals surface area contributed by atoms with E-state index in [1.54, 1.807) is 9.80 Å². The molecule has 3 rings (SSSR count). The van der Waals surface area contributed by atoms with Gasteiger partial charge in [-0.25, -0.2) is 0 Å². The minimum absolute atomic E-state index is 0.0604. The van der Waals surface area contributed by atoms with Crippen molar-refractivity contribution in [3.05, 3.63) is 28.2 Å². The number of hydrogen-bond acceptors (Lipinski definition) is 2. The van der Waals surface area contributed by atoms with Crippen LogP contribution in [0, 0.1) is 6.92 Å². The Balaban J connectivity index is 2.08. The Labute approximate surface area is 133 Å². The van der Waals surface area contributed by atoms with Crippen molar-refractivity contribution in [2.24, 2.45) is 0 Å². The highest BCUT2D eigenvalue weighted by Crippen LogP contribution is 2.36. The van der Waals surface area contributed by atoms with Crippen molar-refractivity contribution in [3.8, 4) is 0 Å². The zero-order chi connectivity index (χ0) is 15.1. The maximum absolute atomic E-state index is 12.9. The Hall–Kier alpha value is -1.36. The average molecular weight is 351 g/mol. The maximum Gasteiger partial charge on any atom is 0.250 e. The largest absolute Gasteiger partial charge is 0.329 e. The van der Waals surface area contributed by atoms with Crippen LogP contribution in [-0.4, -0.2) is 35.3 Å². The number of halogens is 1. The number of hydrogen-bond donors (Lipinski definition) is 0. The number of carbonyl (C=O) groups excluding carboxylic acids is 2. The van der Waals surface area contributed by atoms with Crippen LogP contribution >= 0.6 is 15.9 Å². The van der Waals surface area contributed by atoms with Crippen LogP contribution in [0.15, 0.2) is 22.7 Å². The van der Waals surface area contributed by atoms with Gasteiger partial charge in [-0.05, 0) is 59.8 Å². The molecule has 4 nitrogen and oxygen atoms in total. The first-order valence-corrected chi connectivity index (χ1v) is 8.23. The van der Waals surface area contributed by atoms with Crippen LogP contribution in [0.5, 0.6) is 0 Å². The number of anilines is 1. The molecule has 5 heteroatoms. The zero-order valence-corrected chi connectivity index (χ0v) is 13.9. The summed E-state index contributed by atoms with van der Waals surface area (Å²) in [5.74, 6) is 0.151. The minimum atomic E-state index is -0.384. The van der Waals surface area contributed by atoms with E-state index in [1.807, 2.05) is 32.0 Å². The normalized spacial score (nSPS) is 25.5. The molecular formula is C16H19BrN2O2. The number of amides is 2. The van der Waals surface area contributed by atoms with Crippen molar-refractivity contribution >= 4 is 33.4 Å². The molecular weight excluding hydrogens is 332 g/mol. The van der Waals surface area contributed by atoms with Crippen LogP contribution < -0.4 is 4.90 Å². The van der Waals surface area contributed by atoms with Crippen LogP contribution in [0.25, 0.3) is 0 Å². The second kappa shape index (κ2) is 5.44. The molecule has 0 bridgehead atoms. The third-order valence-corrected chi connectivity index (χ3v) is 5.07. The highest BCUT2D eigenvalue weighted by atomic mass is 79.9. The lowest BCUT2D eigenvalue weighted by Crippen LogP contribution is -2.63. The quantitative estimate of drug-likeness (QED) is 0.822. The molecule has 21 heavy (non-hydrogen) atoms. The first kappa shape index (κ1) is 14.6. The van der Waals surface area contributed by atoms with Crippen molar-refractivity contribution in [1.29, 1.82) is 0 Å². The van der Waals surface area contributed by atoms with Gasteiger partial charge in [0, 0.05) is 11.0 Å². The molecule has 2 amide bonds.